The van der Waals surface area contributed by atoms with E-state index in [1.54, 1.807) is 19.1 Å². The first-order valence-corrected chi connectivity index (χ1v) is 10.9. The highest BCUT2D eigenvalue weighted by atomic mass is 32.2. The third-order valence-electron chi connectivity index (χ3n) is 4.43. The maximum Gasteiger partial charge on any atom is 0.573 e. The molecule has 0 bridgehead atoms. The van der Waals surface area contributed by atoms with Crippen LogP contribution >= 0.6 is 0 Å². The summed E-state index contributed by atoms with van der Waals surface area (Å²) in [4.78, 5) is 12.5. The molecule has 3 aromatic rings. The average Bonchev–Trinajstić information content (AvgIpc) is 2.73. The molecule has 0 aliphatic carbocycles. The molecule has 0 aliphatic heterocycles. The lowest BCUT2D eigenvalue weighted by atomic mass is 10.1. The van der Waals surface area contributed by atoms with E-state index in [2.05, 4.69) is 14.8 Å². The molecule has 3 rings (SSSR count). The highest BCUT2D eigenvalue weighted by molar-refractivity contribution is 7.92. The van der Waals surface area contributed by atoms with E-state index in [0.29, 0.717) is 0 Å². The molecule has 0 aliphatic rings. The second kappa shape index (κ2) is 9.31. The minimum absolute atomic E-state index is 0.0286. The predicted molar refractivity (Wildman–Crippen MR) is 113 cm³/mol. The van der Waals surface area contributed by atoms with Crippen LogP contribution in [0.15, 0.2) is 83.8 Å². The summed E-state index contributed by atoms with van der Waals surface area (Å²) >= 11 is 0. The van der Waals surface area contributed by atoms with E-state index < -0.39 is 28.0 Å². The molecule has 1 amide bonds. The molecule has 2 N–H and O–H groups in total. The summed E-state index contributed by atoms with van der Waals surface area (Å²) in [6, 6.07) is 18.7. The van der Waals surface area contributed by atoms with Gasteiger partial charge in [-0.2, -0.15) is 0 Å². The number of halogens is 3. The van der Waals surface area contributed by atoms with Crippen LogP contribution in [0.4, 0.5) is 18.9 Å². The number of amides is 1. The number of ether oxygens (including phenoxy) is 1. The summed E-state index contributed by atoms with van der Waals surface area (Å²) in [6.07, 6.45) is -4.89. The molecule has 0 saturated carbocycles. The molecule has 10 heteroatoms. The van der Waals surface area contributed by atoms with Gasteiger partial charge in [-0.05, 0) is 48.9 Å². The fraction of sp³-hybridized carbons (Fsp3) is 0.136. The standard InChI is InChI=1S/C22H19F3N2O4S/c1-15(16-7-3-2-4-8-16)26-21(28)19-9-5-6-10-20(19)27-32(29,30)18-13-11-17(12-14-18)31-22(23,24)25/h2-15,27H,1H3,(H,26,28)/t15-/m1/s1. The molecule has 0 unspecified atom stereocenters. The summed E-state index contributed by atoms with van der Waals surface area (Å²) < 4.78 is 68.4. The van der Waals surface area contributed by atoms with E-state index in [-0.39, 0.29) is 22.2 Å². The quantitative estimate of drug-likeness (QED) is 0.522. The van der Waals surface area contributed by atoms with Gasteiger partial charge in [0.15, 0.2) is 0 Å². The second-order valence-electron chi connectivity index (χ2n) is 6.78. The number of hydrogen-bond donors (Lipinski definition) is 2. The van der Waals surface area contributed by atoms with Crippen LogP contribution in [-0.4, -0.2) is 20.7 Å². The first-order valence-electron chi connectivity index (χ1n) is 9.39. The number of carbonyl (C=O) groups excluding carboxylic acids is 1. The Morgan fingerprint density at radius 2 is 1.50 bits per heavy atom. The number of carbonyl (C=O) groups is 1. The van der Waals surface area contributed by atoms with Crippen LogP contribution in [0.25, 0.3) is 0 Å². The Balaban J connectivity index is 1.78. The summed E-state index contributed by atoms with van der Waals surface area (Å²) in [5.74, 6) is -1.04. The maximum atomic E-state index is 12.8. The monoisotopic (exact) mass is 464 g/mol. The van der Waals surface area contributed by atoms with Crippen LogP contribution in [0.5, 0.6) is 5.75 Å². The molecule has 0 radical (unpaired) electrons. The third kappa shape index (κ3) is 6.01. The topological polar surface area (TPSA) is 84.5 Å². The van der Waals surface area contributed by atoms with Crippen molar-refractivity contribution in [2.75, 3.05) is 4.72 Å². The number of anilines is 1. The van der Waals surface area contributed by atoms with Crippen LogP contribution in [-0.2, 0) is 10.0 Å². The van der Waals surface area contributed by atoms with Gasteiger partial charge < -0.3 is 10.1 Å². The van der Waals surface area contributed by atoms with Gasteiger partial charge in [0.25, 0.3) is 15.9 Å². The largest absolute Gasteiger partial charge is 0.573 e. The van der Waals surface area contributed by atoms with E-state index in [4.69, 9.17) is 0 Å². The van der Waals surface area contributed by atoms with Crippen molar-refractivity contribution in [2.24, 2.45) is 0 Å². The number of nitrogens with one attached hydrogen (secondary N) is 2. The Kier molecular flexibility index (Phi) is 6.73. The van der Waals surface area contributed by atoms with Crippen LogP contribution < -0.4 is 14.8 Å². The summed E-state index contributed by atoms with van der Waals surface area (Å²) in [5.41, 5.74) is 0.997. The number of hydrogen-bond acceptors (Lipinski definition) is 4. The van der Waals surface area contributed by atoms with Gasteiger partial charge in [-0.1, -0.05) is 42.5 Å². The van der Waals surface area contributed by atoms with Crippen molar-refractivity contribution in [3.8, 4) is 5.75 Å². The minimum atomic E-state index is -4.89. The number of sulfonamides is 1. The molecular formula is C22H19F3N2O4S. The van der Waals surface area contributed by atoms with Gasteiger partial charge in [0.05, 0.1) is 22.2 Å². The highest BCUT2D eigenvalue weighted by Gasteiger charge is 2.31. The highest BCUT2D eigenvalue weighted by Crippen LogP contribution is 2.26. The molecule has 32 heavy (non-hydrogen) atoms. The Morgan fingerprint density at radius 3 is 2.12 bits per heavy atom. The van der Waals surface area contributed by atoms with Crippen molar-refractivity contribution in [1.29, 1.82) is 0 Å². The molecule has 3 aromatic carbocycles. The summed E-state index contributed by atoms with van der Waals surface area (Å²) in [5, 5.41) is 2.81. The number of para-hydroxylation sites is 1. The van der Waals surface area contributed by atoms with E-state index in [1.165, 1.54) is 12.1 Å². The number of benzene rings is 3. The van der Waals surface area contributed by atoms with Crippen LogP contribution in [0.1, 0.15) is 28.9 Å². The van der Waals surface area contributed by atoms with Gasteiger partial charge in [-0.25, -0.2) is 8.42 Å². The molecule has 0 fully saturated rings. The molecule has 0 heterocycles. The molecule has 0 saturated heterocycles. The zero-order valence-electron chi connectivity index (χ0n) is 16.8. The van der Waals surface area contributed by atoms with Gasteiger partial charge in [0.2, 0.25) is 0 Å². The van der Waals surface area contributed by atoms with Crippen molar-refractivity contribution >= 4 is 21.6 Å². The lowest BCUT2D eigenvalue weighted by molar-refractivity contribution is -0.274. The Hall–Kier alpha value is -3.53. The zero-order chi connectivity index (χ0) is 23.4. The average molecular weight is 464 g/mol. The van der Waals surface area contributed by atoms with Crippen molar-refractivity contribution in [3.05, 3.63) is 90.0 Å². The van der Waals surface area contributed by atoms with Crippen molar-refractivity contribution in [2.45, 2.75) is 24.2 Å². The minimum Gasteiger partial charge on any atom is -0.406 e. The Bertz CT molecular complexity index is 1180. The van der Waals surface area contributed by atoms with Gasteiger partial charge in [0.1, 0.15) is 5.75 Å². The lowest BCUT2D eigenvalue weighted by Crippen LogP contribution is -2.28. The fourth-order valence-corrected chi connectivity index (χ4v) is 3.97. The zero-order valence-corrected chi connectivity index (χ0v) is 17.6. The van der Waals surface area contributed by atoms with Gasteiger partial charge in [-0.15, -0.1) is 13.2 Å². The van der Waals surface area contributed by atoms with Crippen LogP contribution in [0, 0.1) is 0 Å². The maximum absolute atomic E-state index is 12.8. The predicted octanol–water partition coefficient (Wildman–Crippen LogP) is 4.88. The van der Waals surface area contributed by atoms with Gasteiger partial charge >= 0.3 is 6.36 Å². The second-order valence-corrected chi connectivity index (χ2v) is 8.46. The SMILES string of the molecule is C[C@@H](NC(=O)c1ccccc1NS(=O)(=O)c1ccc(OC(F)(F)F)cc1)c1ccccc1. The first-order chi connectivity index (χ1) is 15.0. The molecule has 6 nitrogen and oxygen atoms in total. The van der Waals surface area contributed by atoms with Crippen LogP contribution in [0.2, 0.25) is 0 Å². The van der Waals surface area contributed by atoms with Crippen molar-refractivity contribution in [1.82, 2.24) is 5.32 Å². The first kappa shape index (κ1) is 23.1. The molecule has 168 valence electrons. The lowest BCUT2D eigenvalue weighted by Gasteiger charge is -2.17. The molecule has 0 spiro atoms. The van der Waals surface area contributed by atoms with Gasteiger partial charge in [0, 0.05) is 0 Å². The van der Waals surface area contributed by atoms with Crippen LogP contribution in [0.3, 0.4) is 0 Å². The fourth-order valence-electron chi connectivity index (χ4n) is 2.89. The van der Waals surface area contributed by atoms with E-state index >= 15 is 0 Å². The Morgan fingerprint density at radius 1 is 0.906 bits per heavy atom. The van der Waals surface area contributed by atoms with Crippen molar-refractivity contribution < 1.29 is 31.1 Å². The third-order valence-corrected chi connectivity index (χ3v) is 5.81. The van der Waals surface area contributed by atoms with E-state index in [9.17, 15) is 26.4 Å². The molecular weight excluding hydrogens is 445 g/mol. The smallest absolute Gasteiger partial charge is 0.406 e. The number of rotatable bonds is 7. The van der Waals surface area contributed by atoms with E-state index in [1.807, 2.05) is 30.3 Å². The molecule has 1 atom stereocenters. The van der Waals surface area contributed by atoms with Gasteiger partial charge in [-0.3, -0.25) is 9.52 Å². The normalized spacial score (nSPS) is 12.6. The van der Waals surface area contributed by atoms with Crippen molar-refractivity contribution in [3.63, 3.8) is 0 Å². The summed E-state index contributed by atoms with van der Waals surface area (Å²) in [6.45, 7) is 1.80. The molecule has 0 aromatic heterocycles. The summed E-state index contributed by atoms with van der Waals surface area (Å²) in [7, 11) is -4.18. The number of alkyl halides is 3. The van der Waals surface area contributed by atoms with E-state index in [0.717, 1.165) is 29.8 Å². The Labute approximate surface area is 183 Å².